The van der Waals surface area contributed by atoms with E-state index in [1.807, 2.05) is 109 Å². The maximum atomic E-state index is 14.4. The lowest BCUT2D eigenvalue weighted by molar-refractivity contribution is -0.124. The molecule has 12 nitrogen and oxygen atoms in total. The van der Waals surface area contributed by atoms with Crippen molar-refractivity contribution in [2.75, 3.05) is 13.2 Å². The first kappa shape index (κ1) is 41.9. The van der Waals surface area contributed by atoms with Crippen molar-refractivity contribution in [3.8, 4) is 23.0 Å². The molecule has 0 saturated carbocycles. The fraction of sp³-hybridized carbons (Fsp3) is 0.120. The molecule has 2 amide bonds. The molecule has 316 valence electrons. The smallest absolute Gasteiger partial charge is 0.484 e. The number of nitrogens with one attached hydrogen (secondary N) is 2. The molecule has 2 aromatic heterocycles. The molecular formula is C50H42N4O8S. The van der Waals surface area contributed by atoms with Gasteiger partial charge in [-0.25, -0.2) is 0 Å². The summed E-state index contributed by atoms with van der Waals surface area (Å²) in [5.41, 5.74) is 2.96. The van der Waals surface area contributed by atoms with Crippen molar-refractivity contribution in [1.82, 2.24) is 20.6 Å². The Balaban J connectivity index is 1.10. The Bertz CT molecular complexity index is 2730. The second kappa shape index (κ2) is 19.7. The van der Waals surface area contributed by atoms with Gasteiger partial charge in [0.15, 0.2) is 24.7 Å². The molecule has 6 aromatic carbocycles. The van der Waals surface area contributed by atoms with Gasteiger partial charge in [-0.05, 0) is 47.5 Å². The van der Waals surface area contributed by atoms with E-state index in [0.717, 1.165) is 11.1 Å². The largest absolute Gasteiger partial charge is 0.501 e. The summed E-state index contributed by atoms with van der Waals surface area (Å²) < 4.78 is 52.2. The first-order chi connectivity index (χ1) is 30.8. The van der Waals surface area contributed by atoms with Gasteiger partial charge in [-0.2, -0.15) is 0 Å². The number of para-hydroxylation sites is 2. The Morgan fingerprint density at radius 3 is 1.25 bits per heavy atom. The Kier molecular flexibility index (Phi) is 13.1. The number of pyridine rings is 2. The average Bonchev–Trinajstić information content (AvgIpc) is 3.32. The maximum absolute atomic E-state index is 14.4. The van der Waals surface area contributed by atoms with E-state index >= 15 is 0 Å². The standard InChI is InChI=1S/C50H42N4O8S/c55-45(33-59-41-21-9-3-10-22-41)53-43(35-15-5-1-6-16-35)31-39-27-25-37-19-13-29-51-47(37)49(39)61-63(57,58)62-50-40(28-26-38-20-14-30-52-48(38)50)32-44(36-17-7-2-8-18-36)54-46(56)34-60-42-23-11-4-12-24-42/h1-30,43-44H,31-34H2,(H,53,55)(H,54,56). The minimum absolute atomic E-state index is 0.0635. The van der Waals surface area contributed by atoms with Gasteiger partial charge in [0.1, 0.15) is 22.5 Å². The van der Waals surface area contributed by atoms with Crippen LogP contribution in [0.2, 0.25) is 0 Å². The van der Waals surface area contributed by atoms with Gasteiger partial charge in [0.2, 0.25) is 0 Å². The number of ether oxygens (including phenoxy) is 2. The zero-order valence-corrected chi connectivity index (χ0v) is 34.7. The highest BCUT2D eigenvalue weighted by atomic mass is 32.3. The van der Waals surface area contributed by atoms with Crippen LogP contribution in [-0.4, -0.2) is 43.4 Å². The van der Waals surface area contributed by atoms with E-state index in [0.29, 0.717) is 33.4 Å². The van der Waals surface area contributed by atoms with Crippen LogP contribution in [0, 0.1) is 0 Å². The Labute approximate surface area is 364 Å². The molecule has 0 aliphatic carbocycles. The second-order valence-electron chi connectivity index (χ2n) is 14.5. The van der Waals surface area contributed by atoms with Crippen LogP contribution in [-0.2, 0) is 32.8 Å². The molecule has 2 unspecified atom stereocenters. The molecule has 0 radical (unpaired) electrons. The minimum atomic E-state index is -4.94. The van der Waals surface area contributed by atoms with E-state index < -0.39 is 22.5 Å². The van der Waals surface area contributed by atoms with Crippen LogP contribution < -0.4 is 28.5 Å². The van der Waals surface area contributed by atoms with Gasteiger partial charge in [0.25, 0.3) is 11.8 Å². The van der Waals surface area contributed by atoms with E-state index in [1.54, 1.807) is 73.1 Å². The van der Waals surface area contributed by atoms with Crippen molar-refractivity contribution in [2.45, 2.75) is 24.9 Å². The summed E-state index contributed by atoms with van der Waals surface area (Å²) in [6, 6.07) is 49.6. The summed E-state index contributed by atoms with van der Waals surface area (Å²) in [5.74, 6) is 0.203. The molecule has 8 aromatic rings. The second-order valence-corrected chi connectivity index (χ2v) is 15.7. The minimum Gasteiger partial charge on any atom is -0.484 e. The Morgan fingerprint density at radius 1 is 0.476 bits per heavy atom. The number of benzene rings is 6. The summed E-state index contributed by atoms with van der Waals surface area (Å²) >= 11 is 0. The molecule has 0 spiro atoms. The summed E-state index contributed by atoms with van der Waals surface area (Å²) in [6.45, 7) is -0.480. The van der Waals surface area contributed by atoms with E-state index in [1.165, 1.54) is 0 Å². The van der Waals surface area contributed by atoms with Crippen molar-refractivity contribution in [3.63, 3.8) is 0 Å². The molecule has 0 bridgehead atoms. The average molecular weight is 859 g/mol. The fourth-order valence-electron chi connectivity index (χ4n) is 7.17. The van der Waals surface area contributed by atoms with E-state index in [-0.39, 0.29) is 60.4 Å². The highest BCUT2D eigenvalue weighted by Crippen LogP contribution is 2.36. The molecule has 63 heavy (non-hydrogen) atoms. The number of aromatic nitrogens is 2. The van der Waals surface area contributed by atoms with Crippen LogP contribution in [0.5, 0.6) is 23.0 Å². The van der Waals surface area contributed by atoms with Crippen LogP contribution in [0.4, 0.5) is 0 Å². The lowest BCUT2D eigenvalue weighted by atomic mass is 9.97. The highest BCUT2D eigenvalue weighted by molar-refractivity contribution is 7.82. The summed E-state index contributed by atoms with van der Waals surface area (Å²) in [5, 5.41) is 7.34. The first-order valence-corrected chi connectivity index (χ1v) is 21.5. The van der Waals surface area contributed by atoms with Crippen molar-refractivity contribution < 1.29 is 35.8 Å². The van der Waals surface area contributed by atoms with Crippen molar-refractivity contribution in [2.24, 2.45) is 0 Å². The lowest BCUT2D eigenvalue weighted by Crippen LogP contribution is -2.34. The van der Waals surface area contributed by atoms with Gasteiger partial charge < -0.3 is 28.5 Å². The van der Waals surface area contributed by atoms with Crippen molar-refractivity contribution >= 4 is 44.0 Å². The lowest BCUT2D eigenvalue weighted by Gasteiger charge is -2.22. The Morgan fingerprint density at radius 2 is 0.857 bits per heavy atom. The van der Waals surface area contributed by atoms with Crippen LogP contribution in [0.25, 0.3) is 21.8 Å². The summed E-state index contributed by atoms with van der Waals surface area (Å²) in [6.07, 6.45) is 3.32. The van der Waals surface area contributed by atoms with Gasteiger partial charge in [-0.3, -0.25) is 19.6 Å². The molecule has 13 heteroatoms. The number of rotatable bonds is 18. The van der Waals surface area contributed by atoms with Gasteiger partial charge in [0.05, 0.1) is 12.1 Å². The summed E-state index contributed by atoms with van der Waals surface area (Å²) in [7, 11) is -4.94. The molecule has 8 rings (SSSR count). The number of hydrogen-bond donors (Lipinski definition) is 2. The van der Waals surface area contributed by atoms with Crippen LogP contribution >= 0.6 is 0 Å². The van der Waals surface area contributed by atoms with E-state index in [9.17, 15) is 18.0 Å². The normalized spacial score (nSPS) is 12.2. The molecule has 2 atom stereocenters. The monoisotopic (exact) mass is 858 g/mol. The quantitative estimate of drug-likeness (QED) is 0.0859. The van der Waals surface area contributed by atoms with Crippen molar-refractivity contribution in [3.05, 3.63) is 205 Å². The molecule has 0 aliphatic heterocycles. The molecule has 2 heterocycles. The molecule has 0 aliphatic rings. The number of hydrogen-bond acceptors (Lipinski definition) is 10. The maximum Gasteiger partial charge on any atom is 0.501 e. The highest BCUT2D eigenvalue weighted by Gasteiger charge is 2.28. The number of nitrogens with zero attached hydrogens (tertiary/aromatic N) is 2. The van der Waals surface area contributed by atoms with Crippen molar-refractivity contribution in [1.29, 1.82) is 0 Å². The summed E-state index contributed by atoms with van der Waals surface area (Å²) in [4.78, 5) is 35.7. The molecule has 0 fully saturated rings. The van der Waals surface area contributed by atoms with Crippen LogP contribution in [0.15, 0.2) is 182 Å². The topological polar surface area (TPSA) is 155 Å². The predicted octanol–water partition coefficient (Wildman–Crippen LogP) is 8.44. The number of fused-ring (bicyclic) bond motifs is 2. The number of carbonyl (C=O) groups is 2. The molecule has 0 saturated heterocycles. The van der Waals surface area contributed by atoms with E-state index in [4.69, 9.17) is 17.8 Å². The Hall–Kier alpha value is -7.77. The van der Waals surface area contributed by atoms with Crippen LogP contribution in [0.3, 0.4) is 0 Å². The zero-order chi connectivity index (χ0) is 43.4. The third kappa shape index (κ3) is 11.0. The van der Waals surface area contributed by atoms with E-state index in [2.05, 4.69) is 20.6 Å². The first-order valence-electron chi connectivity index (χ1n) is 20.2. The third-order valence-corrected chi connectivity index (χ3v) is 10.9. The number of amides is 2. The molecule has 2 N–H and O–H groups in total. The van der Waals surface area contributed by atoms with Gasteiger partial charge in [0, 0.05) is 47.1 Å². The predicted molar refractivity (Wildman–Crippen MR) is 240 cm³/mol. The zero-order valence-electron chi connectivity index (χ0n) is 33.9. The van der Waals surface area contributed by atoms with Crippen LogP contribution in [0.1, 0.15) is 34.3 Å². The van der Waals surface area contributed by atoms with Gasteiger partial charge in [-0.15, -0.1) is 8.42 Å². The third-order valence-electron chi connectivity index (χ3n) is 10.1. The molecular weight excluding hydrogens is 817 g/mol. The number of carbonyl (C=O) groups excluding carboxylic acids is 2. The SMILES string of the molecule is O=C(COc1ccccc1)NC(Cc1ccc2cccnc2c1OS(=O)(=O)Oc1c(CC(NC(=O)COc2ccccc2)c2ccccc2)ccc2cccnc12)c1ccccc1. The van der Waals surface area contributed by atoms with Gasteiger partial charge in [-0.1, -0.05) is 133 Å². The van der Waals surface area contributed by atoms with Gasteiger partial charge >= 0.3 is 10.4 Å². The fourth-order valence-corrected chi connectivity index (χ4v) is 7.98.